The summed E-state index contributed by atoms with van der Waals surface area (Å²) in [5.41, 5.74) is 1.46. The first kappa shape index (κ1) is 27.6. The van der Waals surface area contributed by atoms with Gasteiger partial charge in [0.2, 0.25) is 0 Å². The minimum atomic E-state index is -4.04. The zero-order chi connectivity index (χ0) is 27.4. The summed E-state index contributed by atoms with van der Waals surface area (Å²) in [5.74, 6) is -0.307. The number of aliphatic hydroxyl groups excluding tert-OH is 1. The lowest BCUT2D eigenvalue weighted by Crippen LogP contribution is -2.49. The number of rotatable bonds is 9. The van der Waals surface area contributed by atoms with E-state index in [0.29, 0.717) is 19.6 Å². The number of likely N-dealkylation sites (N-methyl/N-ethyl adjacent to an activating group) is 1. The van der Waals surface area contributed by atoms with E-state index < -0.39 is 16.1 Å². The van der Waals surface area contributed by atoms with Gasteiger partial charge in [-0.15, -0.1) is 0 Å². The van der Waals surface area contributed by atoms with Crippen molar-refractivity contribution >= 4 is 21.6 Å². The van der Waals surface area contributed by atoms with Crippen LogP contribution >= 0.6 is 0 Å². The van der Waals surface area contributed by atoms with E-state index in [2.05, 4.69) is 19.6 Å². The number of amides is 1. The number of carbonyl (C=O) groups excluding carboxylic acids is 1. The minimum Gasteiger partial charge on any atom is -0.486 e. The second-order valence-corrected chi connectivity index (χ2v) is 11.5. The third-order valence-corrected chi connectivity index (χ3v) is 7.84. The number of hydrogen-bond donors (Lipinski definition) is 2. The van der Waals surface area contributed by atoms with Gasteiger partial charge in [0.15, 0.2) is 10.8 Å². The highest BCUT2D eigenvalue weighted by Crippen LogP contribution is 2.36. The van der Waals surface area contributed by atoms with Gasteiger partial charge in [0.25, 0.3) is 15.9 Å². The molecule has 1 aromatic carbocycles. The molecule has 0 spiro atoms. The number of nitrogens with one attached hydrogen (secondary N) is 1. The Morgan fingerprint density at radius 2 is 2.00 bits per heavy atom. The molecule has 204 valence electrons. The summed E-state index contributed by atoms with van der Waals surface area (Å²) >= 11 is 0. The average Bonchev–Trinajstić information content (AvgIpc) is 3.34. The molecule has 2 N–H and O–H groups in total. The van der Waals surface area contributed by atoms with E-state index in [1.165, 1.54) is 17.1 Å². The first-order valence-corrected chi connectivity index (χ1v) is 13.9. The topological polar surface area (TPSA) is 130 Å². The van der Waals surface area contributed by atoms with E-state index >= 15 is 0 Å². The Labute approximate surface area is 223 Å². The van der Waals surface area contributed by atoms with Crippen LogP contribution in [-0.4, -0.2) is 82.7 Å². The van der Waals surface area contributed by atoms with E-state index in [1.807, 2.05) is 26.1 Å². The molecule has 2 aromatic heterocycles. The van der Waals surface area contributed by atoms with E-state index in [4.69, 9.17) is 4.74 Å². The number of aryl methyl sites for hydroxylation is 1. The lowest BCUT2D eigenvalue weighted by atomic mass is 9.99. The van der Waals surface area contributed by atoms with Gasteiger partial charge in [-0.1, -0.05) is 13.0 Å². The Balaban J connectivity index is 1.71. The maximum absolute atomic E-state index is 13.6. The second-order valence-electron chi connectivity index (χ2n) is 9.84. The van der Waals surface area contributed by atoms with E-state index in [9.17, 15) is 18.3 Å². The first-order valence-electron chi connectivity index (χ1n) is 12.4. The Morgan fingerprint density at radius 1 is 1.26 bits per heavy atom. The molecule has 0 radical (unpaired) electrons. The van der Waals surface area contributed by atoms with Crippen LogP contribution in [0.2, 0.25) is 0 Å². The van der Waals surface area contributed by atoms with Crippen LogP contribution < -0.4 is 9.46 Å². The highest BCUT2D eigenvalue weighted by molar-refractivity contribution is 7.92. The number of nitrogens with zero attached hydrogens (tertiary/aromatic N) is 5. The molecule has 3 heterocycles. The number of pyridine rings is 1. The first-order chi connectivity index (χ1) is 18.1. The van der Waals surface area contributed by atoms with Crippen molar-refractivity contribution in [2.75, 3.05) is 31.5 Å². The van der Waals surface area contributed by atoms with Gasteiger partial charge in [-0.2, -0.15) is 8.42 Å². The largest absolute Gasteiger partial charge is 0.486 e. The van der Waals surface area contributed by atoms with Crippen LogP contribution in [0, 0.1) is 5.92 Å². The number of imidazole rings is 1. The fourth-order valence-corrected chi connectivity index (χ4v) is 5.48. The van der Waals surface area contributed by atoms with Gasteiger partial charge in [-0.3, -0.25) is 19.4 Å². The number of ether oxygens (including phenoxy) is 1. The van der Waals surface area contributed by atoms with E-state index in [0.717, 1.165) is 5.56 Å². The quantitative estimate of drug-likeness (QED) is 0.420. The molecule has 0 aliphatic carbocycles. The summed E-state index contributed by atoms with van der Waals surface area (Å²) in [7, 11) is -0.382. The van der Waals surface area contributed by atoms with Crippen molar-refractivity contribution in [3.05, 3.63) is 66.4 Å². The molecule has 11 nitrogen and oxygen atoms in total. The molecule has 3 aromatic rings. The van der Waals surface area contributed by atoms with Crippen molar-refractivity contribution < 1.29 is 23.1 Å². The molecule has 1 aliphatic rings. The van der Waals surface area contributed by atoms with Crippen LogP contribution in [-0.2, 0) is 23.6 Å². The van der Waals surface area contributed by atoms with Gasteiger partial charge >= 0.3 is 0 Å². The highest BCUT2D eigenvalue weighted by Gasteiger charge is 2.35. The van der Waals surface area contributed by atoms with Gasteiger partial charge in [0.1, 0.15) is 6.10 Å². The summed E-state index contributed by atoms with van der Waals surface area (Å²) in [5, 5.41) is 9.73. The molecular weight excluding hydrogens is 508 g/mol. The smallest absolute Gasteiger partial charge is 0.281 e. The number of aromatic nitrogens is 3. The highest BCUT2D eigenvalue weighted by atomic mass is 32.2. The fraction of sp³-hybridized carbons (Fsp3) is 0.423. The van der Waals surface area contributed by atoms with Gasteiger partial charge in [0.05, 0.1) is 30.2 Å². The molecule has 1 aliphatic heterocycles. The number of aliphatic hydroxyl groups is 1. The van der Waals surface area contributed by atoms with Crippen LogP contribution in [0.5, 0.6) is 5.75 Å². The van der Waals surface area contributed by atoms with Crippen LogP contribution in [0.1, 0.15) is 29.8 Å². The molecule has 0 saturated heterocycles. The number of fused-ring (bicyclic) bond motifs is 1. The van der Waals surface area contributed by atoms with E-state index in [1.54, 1.807) is 49.5 Å². The molecule has 0 bridgehead atoms. The van der Waals surface area contributed by atoms with Crippen molar-refractivity contribution in [3.63, 3.8) is 0 Å². The van der Waals surface area contributed by atoms with Crippen LogP contribution in [0.15, 0.2) is 60.3 Å². The summed E-state index contributed by atoms with van der Waals surface area (Å²) in [6, 6.07) is 8.25. The maximum atomic E-state index is 13.6. The van der Waals surface area contributed by atoms with Crippen molar-refractivity contribution in [1.82, 2.24) is 24.3 Å². The number of benzene rings is 1. The normalized spacial score (nSPS) is 18.9. The molecule has 12 heteroatoms. The fourth-order valence-electron chi connectivity index (χ4n) is 4.44. The Kier molecular flexibility index (Phi) is 8.34. The molecule has 0 fully saturated rings. The molecule has 1 amide bonds. The molecule has 0 saturated carbocycles. The minimum absolute atomic E-state index is 0.124. The molecule has 0 unspecified atom stereocenters. The number of hydrogen-bond acceptors (Lipinski definition) is 8. The van der Waals surface area contributed by atoms with Gasteiger partial charge in [-0.25, -0.2) is 4.98 Å². The lowest BCUT2D eigenvalue weighted by Gasteiger charge is -2.38. The number of sulfonamides is 1. The zero-order valence-electron chi connectivity index (χ0n) is 22.0. The number of anilines is 1. The summed E-state index contributed by atoms with van der Waals surface area (Å²) in [6.07, 6.45) is 5.89. The molecule has 38 heavy (non-hydrogen) atoms. The molecule has 3 atom stereocenters. The number of carbonyl (C=O) groups is 1. The molecular formula is C26H34N6O5S. The van der Waals surface area contributed by atoms with Gasteiger partial charge in [-0.05, 0) is 43.8 Å². The SMILES string of the molecule is C[C@H]1CN([C@@H](C)CO)C(=O)c2cccc(NS(=O)(=O)c3cn(C)cn3)c2O[C@@H]1CN(C)Cc1ccncc1. The predicted octanol–water partition coefficient (Wildman–Crippen LogP) is 1.97. The van der Waals surface area contributed by atoms with Crippen LogP contribution in [0.4, 0.5) is 5.69 Å². The average molecular weight is 543 g/mol. The number of para-hydroxylation sites is 1. The van der Waals surface area contributed by atoms with Gasteiger partial charge < -0.3 is 19.3 Å². The standard InChI is InChI=1S/C26H34N6O5S/c1-18-12-32(19(2)16-33)26(34)21-6-5-7-22(29-38(35,36)24-15-31(4)17-28-24)25(21)37-23(18)14-30(3)13-20-8-10-27-11-9-20/h5-11,15,17-19,23,29,33H,12-14,16H2,1-4H3/t18-,19-,23+/m0/s1. The molecule has 4 rings (SSSR count). The Morgan fingerprint density at radius 3 is 2.66 bits per heavy atom. The second kappa shape index (κ2) is 11.5. The third kappa shape index (κ3) is 6.14. The zero-order valence-corrected chi connectivity index (χ0v) is 22.8. The van der Waals surface area contributed by atoms with Crippen LogP contribution in [0.3, 0.4) is 0 Å². The van der Waals surface area contributed by atoms with Crippen molar-refractivity contribution in [2.45, 2.75) is 37.6 Å². The van der Waals surface area contributed by atoms with E-state index in [-0.39, 0.29) is 46.6 Å². The maximum Gasteiger partial charge on any atom is 0.281 e. The predicted molar refractivity (Wildman–Crippen MR) is 142 cm³/mol. The third-order valence-electron chi connectivity index (χ3n) is 6.59. The van der Waals surface area contributed by atoms with Gasteiger partial charge in [0, 0.05) is 51.2 Å². The summed E-state index contributed by atoms with van der Waals surface area (Å²) in [6.45, 7) is 5.11. The lowest BCUT2D eigenvalue weighted by molar-refractivity contribution is 0.0344. The van der Waals surface area contributed by atoms with Crippen molar-refractivity contribution in [1.29, 1.82) is 0 Å². The van der Waals surface area contributed by atoms with Crippen LogP contribution in [0.25, 0.3) is 0 Å². The summed E-state index contributed by atoms with van der Waals surface area (Å²) < 4.78 is 36.8. The van der Waals surface area contributed by atoms with Crippen molar-refractivity contribution in [2.24, 2.45) is 13.0 Å². The van der Waals surface area contributed by atoms with Crippen molar-refractivity contribution in [3.8, 4) is 5.75 Å². The Bertz CT molecular complexity index is 1360. The monoisotopic (exact) mass is 542 g/mol. The Hall–Kier alpha value is -3.48. The summed E-state index contributed by atoms with van der Waals surface area (Å²) in [4.78, 5) is 25.4.